The number of aromatic nitrogens is 1. The first-order valence-electron chi connectivity index (χ1n) is 10.3. The van der Waals surface area contributed by atoms with Gasteiger partial charge in [0.15, 0.2) is 0 Å². The van der Waals surface area contributed by atoms with Crippen LogP contribution in [0, 0.1) is 5.92 Å². The predicted octanol–water partition coefficient (Wildman–Crippen LogP) is 2.67. The maximum Gasteiger partial charge on any atom is 0.224 e. The third kappa shape index (κ3) is 5.34. The molecule has 0 radical (unpaired) electrons. The molecule has 2 aromatic rings. The van der Waals surface area contributed by atoms with E-state index in [9.17, 15) is 4.79 Å². The minimum Gasteiger partial charge on any atom is -0.356 e. The summed E-state index contributed by atoms with van der Waals surface area (Å²) in [7, 11) is 0. The van der Waals surface area contributed by atoms with E-state index in [0.29, 0.717) is 29.6 Å². The zero-order valence-electron chi connectivity index (χ0n) is 16.5. The Morgan fingerprint density at radius 2 is 2.00 bits per heavy atom. The maximum absolute atomic E-state index is 12.2. The van der Waals surface area contributed by atoms with E-state index in [1.807, 2.05) is 36.5 Å². The first kappa shape index (κ1) is 20.3. The number of halogens is 1. The molecular weight excluding hydrogens is 386 g/mol. The summed E-state index contributed by atoms with van der Waals surface area (Å²) in [5.41, 5.74) is 8.94. The summed E-state index contributed by atoms with van der Waals surface area (Å²) in [6, 6.07) is 11.9. The Kier molecular flexibility index (Phi) is 6.77. The van der Waals surface area contributed by atoms with Crippen LogP contribution >= 0.6 is 11.6 Å². The van der Waals surface area contributed by atoms with Crippen LogP contribution in [-0.2, 0) is 11.2 Å². The van der Waals surface area contributed by atoms with Crippen molar-refractivity contribution in [2.24, 2.45) is 5.92 Å². The molecule has 1 amide bonds. The average Bonchev–Trinajstić information content (AvgIpc) is 3.25. The van der Waals surface area contributed by atoms with Gasteiger partial charge < -0.3 is 5.32 Å². The zero-order chi connectivity index (χ0) is 20.1. The SMILES string of the molecule is O=C(Cc1ccccc1Cl)NCC1CCN(C2CC(c3cccnc3)NN2)CC1. The summed E-state index contributed by atoms with van der Waals surface area (Å²) in [6.45, 7) is 2.83. The molecular formula is C22H28ClN5O. The molecule has 0 bridgehead atoms. The van der Waals surface area contributed by atoms with Gasteiger partial charge in [-0.1, -0.05) is 35.9 Å². The number of pyridine rings is 1. The Labute approximate surface area is 177 Å². The molecule has 2 unspecified atom stereocenters. The number of hydrogen-bond donors (Lipinski definition) is 3. The van der Waals surface area contributed by atoms with Crippen LogP contribution in [0.5, 0.6) is 0 Å². The van der Waals surface area contributed by atoms with Crippen molar-refractivity contribution >= 4 is 17.5 Å². The third-order valence-corrected chi connectivity index (χ3v) is 6.33. The van der Waals surface area contributed by atoms with Gasteiger partial charge in [-0.2, -0.15) is 0 Å². The molecule has 7 heteroatoms. The van der Waals surface area contributed by atoms with Gasteiger partial charge in [-0.25, -0.2) is 10.9 Å². The van der Waals surface area contributed by atoms with Gasteiger partial charge in [-0.05, 0) is 61.5 Å². The van der Waals surface area contributed by atoms with Crippen molar-refractivity contribution in [1.29, 1.82) is 0 Å². The molecule has 29 heavy (non-hydrogen) atoms. The lowest BCUT2D eigenvalue weighted by molar-refractivity contribution is -0.120. The monoisotopic (exact) mass is 413 g/mol. The second kappa shape index (κ2) is 9.67. The fourth-order valence-corrected chi connectivity index (χ4v) is 4.39. The van der Waals surface area contributed by atoms with Crippen molar-refractivity contribution in [3.63, 3.8) is 0 Å². The predicted molar refractivity (Wildman–Crippen MR) is 114 cm³/mol. The van der Waals surface area contributed by atoms with Crippen LogP contribution in [0.25, 0.3) is 0 Å². The molecule has 0 spiro atoms. The Bertz CT molecular complexity index is 810. The number of nitrogens with one attached hydrogen (secondary N) is 3. The molecule has 1 aromatic carbocycles. The molecule has 154 valence electrons. The minimum absolute atomic E-state index is 0.0431. The smallest absolute Gasteiger partial charge is 0.224 e. The van der Waals surface area contributed by atoms with Gasteiger partial charge in [-0.15, -0.1) is 0 Å². The van der Waals surface area contributed by atoms with Crippen LogP contribution in [0.15, 0.2) is 48.8 Å². The van der Waals surface area contributed by atoms with Crippen LogP contribution in [0.3, 0.4) is 0 Å². The van der Waals surface area contributed by atoms with Crippen LogP contribution in [0.2, 0.25) is 5.02 Å². The van der Waals surface area contributed by atoms with Crippen molar-refractivity contribution in [2.75, 3.05) is 19.6 Å². The lowest BCUT2D eigenvalue weighted by atomic mass is 9.95. The van der Waals surface area contributed by atoms with E-state index in [4.69, 9.17) is 11.6 Å². The fourth-order valence-electron chi connectivity index (χ4n) is 4.18. The lowest BCUT2D eigenvalue weighted by Gasteiger charge is -2.35. The van der Waals surface area contributed by atoms with Crippen LogP contribution in [0.4, 0.5) is 0 Å². The molecule has 1 aromatic heterocycles. The Morgan fingerprint density at radius 3 is 2.76 bits per heavy atom. The second-order valence-corrected chi connectivity index (χ2v) is 8.34. The zero-order valence-corrected chi connectivity index (χ0v) is 17.2. The topological polar surface area (TPSA) is 69.3 Å². The highest BCUT2D eigenvalue weighted by Gasteiger charge is 2.31. The van der Waals surface area contributed by atoms with Crippen LogP contribution < -0.4 is 16.2 Å². The second-order valence-electron chi connectivity index (χ2n) is 7.93. The van der Waals surface area contributed by atoms with E-state index in [1.165, 1.54) is 5.56 Å². The number of carbonyl (C=O) groups excluding carboxylic acids is 1. The minimum atomic E-state index is 0.0431. The van der Waals surface area contributed by atoms with Crippen molar-refractivity contribution in [1.82, 2.24) is 26.1 Å². The Hall–Kier alpha value is -1.99. The summed E-state index contributed by atoms with van der Waals surface area (Å²) in [5.74, 6) is 0.575. The number of piperidine rings is 1. The van der Waals surface area contributed by atoms with E-state index in [1.54, 1.807) is 6.20 Å². The van der Waals surface area contributed by atoms with Gasteiger partial charge in [-0.3, -0.25) is 14.7 Å². The molecule has 0 aliphatic carbocycles. The number of rotatable bonds is 6. The number of likely N-dealkylation sites (tertiary alicyclic amines) is 1. The molecule has 2 saturated heterocycles. The molecule has 6 nitrogen and oxygen atoms in total. The van der Waals surface area contributed by atoms with E-state index in [-0.39, 0.29) is 5.91 Å². The molecule has 2 aliphatic heterocycles. The number of nitrogens with zero attached hydrogens (tertiary/aromatic N) is 2. The van der Waals surface area contributed by atoms with Gasteiger partial charge in [0.25, 0.3) is 0 Å². The first-order valence-corrected chi connectivity index (χ1v) is 10.7. The quantitative estimate of drug-likeness (QED) is 0.679. The molecule has 2 aliphatic rings. The van der Waals surface area contributed by atoms with Crippen molar-refractivity contribution in [3.05, 3.63) is 64.9 Å². The van der Waals surface area contributed by atoms with E-state index < -0.39 is 0 Å². The van der Waals surface area contributed by atoms with Gasteiger partial charge in [0.1, 0.15) is 0 Å². The summed E-state index contributed by atoms with van der Waals surface area (Å²) in [5, 5.41) is 3.74. The summed E-state index contributed by atoms with van der Waals surface area (Å²) >= 11 is 6.14. The van der Waals surface area contributed by atoms with Gasteiger partial charge >= 0.3 is 0 Å². The van der Waals surface area contributed by atoms with Crippen molar-refractivity contribution in [2.45, 2.75) is 37.9 Å². The molecule has 0 saturated carbocycles. The number of hydrogen-bond acceptors (Lipinski definition) is 5. The van der Waals surface area contributed by atoms with E-state index >= 15 is 0 Å². The molecule has 2 atom stereocenters. The highest BCUT2D eigenvalue weighted by Crippen LogP contribution is 2.26. The van der Waals surface area contributed by atoms with E-state index in [0.717, 1.165) is 44.5 Å². The Balaban J connectivity index is 1.18. The molecule has 3 heterocycles. The van der Waals surface area contributed by atoms with Gasteiger partial charge in [0.2, 0.25) is 5.91 Å². The number of hydrazine groups is 1. The lowest BCUT2D eigenvalue weighted by Crippen LogP contribution is -2.49. The first-order chi connectivity index (χ1) is 14.2. The normalized spacial score (nSPS) is 23.2. The highest BCUT2D eigenvalue weighted by molar-refractivity contribution is 6.31. The van der Waals surface area contributed by atoms with Crippen LogP contribution in [0.1, 0.15) is 36.4 Å². The summed E-state index contributed by atoms with van der Waals surface area (Å²) in [6.07, 6.45) is 7.65. The summed E-state index contributed by atoms with van der Waals surface area (Å²) < 4.78 is 0. The van der Waals surface area contributed by atoms with Crippen molar-refractivity contribution < 1.29 is 4.79 Å². The van der Waals surface area contributed by atoms with Gasteiger partial charge in [0, 0.05) is 24.0 Å². The maximum atomic E-state index is 12.2. The summed E-state index contributed by atoms with van der Waals surface area (Å²) in [4.78, 5) is 19.0. The number of benzene rings is 1. The van der Waals surface area contributed by atoms with E-state index in [2.05, 4.69) is 32.1 Å². The highest BCUT2D eigenvalue weighted by atomic mass is 35.5. The molecule has 4 rings (SSSR count). The molecule has 2 fully saturated rings. The largest absolute Gasteiger partial charge is 0.356 e. The number of carbonyl (C=O) groups is 1. The van der Waals surface area contributed by atoms with Crippen molar-refractivity contribution in [3.8, 4) is 0 Å². The Morgan fingerprint density at radius 1 is 1.17 bits per heavy atom. The fraction of sp³-hybridized carbons (Fsp3) is 0.455. The average molecular weight is 414 g/mol. The standard InChI is InChI=1S/C22H28ClN5O/c23-19-6-2-1-4-17(19)12-22(29)25-14-16-7-10-28(11-8-16)21-13-20(26-27-21)18-5-3-9-24-15-18/h1-6,9,15-16,20-21,26-27H,7-8,10-14H2,(H,25,29). The number of amides is 1. The third-order valence-electron chi connectivity index (χ3n) is 5.96. The van der Waals surface area contributed by atoms with Gasteiger partial charge in [0.05, 0.1) is 18.6 Å². The van der Waals surface area contributed by atoms with Crippen LogP contribution in [-0.4, -0.2) is 41.6 Å². The molecule has 3 N–H and O–H groups in total.